The van der Waals surface area contributed by atoms with Crippen LogP contribution in [0.1, 0.15) is 37.5 Å². The van der Waals surface area contributed by atoms with Gasteiger partial charge in [-0.25, -0.2) is 8.42 Å². The van der Waals surface area contributed by atoms with Crippen molar-refractivity contribution in [1.29, 1.82) is 0 Å². The Hall–Kier alpha value is 0.130. The van der Waals surface area contributed by atoms with Crippen molar-refractivity contribution in [2.75, 3.05) is 0 Å². The van der Waals surface area contributed by atoms with Crippen molar-refractivity contribution in [3.63, 3.8) is 0 Å². The van der Waals surface area contributed by atoms with E-state index in [1.54, 1.807) is 6.92 Å². The maximum Gasteiger partial charge on any atom is 1.00 e. The van der Waals surface area contributed by atoms with E-state index in [-0.39, 0.29) is 39.9 Å². The molecule has 0 unspecified atom stereocenters. The molecule has 0 amide bonds. The molecular formula is C12H17NaO3S. The minimum Gasteiger partial charge on any atom is -0.744 e. The molecule has 0 saturated heterocycles. The molecule has 0 N–H and O–H groups in total. The summed E-state index contributed by atoms with van der Waals surface area (Å²) in [5, 5.41) is 0. The largest absolute Gasteiger partial charge is 1.00 e. The zero-order valence-corrected chi connectivity index (χ0v) is 14.1. The molecule has 0 atom stereocenters. The third kappa shape index (κ3) is 4.07. The van der Waals surface area contributed by atoms with Gasteiger partial charge in [-0.15, -0.1) is 0 Å². The molecule has 0 radical (unpaired) electrons. The third-order valence-electron chi connectivity index (χ3n) is 2.76. The molecule has 1 aromatic rings. The molecule has 1 aromatic carbocycles. The summed E-state index contributed by atoms with van der Waals surface area (Å²) in [6.07, 6.45) is 0. The fraction of sp³-hybridized carbons (Fsp3) is 0.500. The SMILES string of the molecule is Cc1cc(C(C)(C)C)cc(S(=O)(=O)[O-])c1C.[Na+]. The van der Waals surface area contributed by atoms with Crippen molar-refractivity contribution in [2.24, 2.45) is 0 Å². The predicted molar refractivity (Wildman–Crippen MR) is 62.6 cm³/mol. The number of hydrogen-bond acceptors (Lipinski definition) is 3. The molecule has 0 fully saturated rings. The van der Waals surface area contributed by atoms with Crippen LogP contribution in [0.25, 0.3) is 0 Å². The maximum absolute atomic E-state index is 11.1. The average Bonchev–Trinajstić information content (AvgIpc) is 2.05. The van der Waals surface area contributed by atoms with Crippen LogP contribution in [0.4, 0.5) is 0 Å². The van der Waals surface area contributed by atoms with Crippen molar-refractivity contribution in [3.8, 4) is 0 Å². The van der Waals surface area contributed by atoms with Gasteiger partial charge in [-0.05, 0) is 42.0 Å². The van der Waals surface area contributed by atoms with Gasteiger partial charge in [-0.2, -0.15) is 0 Å². The molecule has 90 valence electrons. The van der Waals surface area contributed by atoms with Crippen LogP contribution < -0.4 is 29.6 Å². The molecule has 0 aliphatic heterocycles. The summed E-state index contributed by atoms with van der Waals surface area (Å²) in [5.41, 5.74) is 2.08. The van der Waals surface area contributed by atoms with Gasteiger partial charge >= 0.3 is 29.6 Å². The van der Waals surface area contributed by atoms with E-state index in [1.807, 2.05) is 33.8 Å². The van der Waals surface area contributed by atoms with Gasteiger partial charge in [0.15, 0.2) is 0 Å². The normalized spacial score (nSPS) is 12.1. The second-order valence-electron chi connectivity index (χ2n) is 5.12. The van der Waals surface area contributed by atoms with Crippen molar-refractivity contribution < 1.29 is 42.5 Å². The molecule has 0 aliphatic rings. The van der Waals surface area contributed by atoms with E-state index < -0.39 is 10.1 Å². The molecule has 0 bridgehead atoms. The minimum atomic E-state index is -4.39. The Morgan fingerprint density at radius 1 is 1.12 bits per heavy atom. The monoisotopic (exact) mass is 264 g/mol. The van der Waals surface area contributed by atoms with E-state index in [1.165, 1.54) is 6.07 Å². The van der Waals surface area contributed by atoms with Crippen LogP contribution in [0.5, 0.6) is 0 Å². The Morgan fingerprint density at radius 3 is 1.94 bits per heavy atom. The summed E-state index contributed by atoms with van der Waals surface area (Å²) >= 11 is 0. The van der Waals surface area contributed by atoms with Crippen molar-refractivity contribution in [1.82, 2.24) is 0 Å². The quantitative estimate of drug-likeness (QED) is 0.508. The summed E-state index contributed by atoms with van der Waals surface area (Å²) in [6.45, 7) is 9.43. The van der Waals surface area contributed by atoms with E-state index in [0.29, 0.717) is 5.56 Å². The fourth-order valence-electron chi connectivity index (χ4n) is 1.52. The number of aryl methyl sites for hydroxylation is 1. The van der Waals surface area contributed by atoms with E-state index in [4.69, 9.17) is 0 Å². The summed E-state index contributed by atoms with van der Waals surface area (Å²) in [6, 6.07) is 3.43. The predicted octanol–water partition coefficient (Wildman–Crippen LogP) is -0.491. The van der Waals surface area contributed by atoms with Gasteiger partial charge in [0.2, 0.25) is 0 Å². The molecule has 3 nitrogen and oxygen atoms in total. The van der Waals surface area contributed by atoms with Gasteiger partial charge in [0.05, 0.1) is 4.90 Å². The molecule has 0 aromatic heterocycles. The van der Waals surface area contributed by atoms with E-state index in [0.717, 1.165) is 11.1 Å². The molecule has 0 heterocycles. The Labute approximate surface area is 126 Å². The molecular weight excluding hydrogens is 247 g/mol. The Morgan fingerprint density at radius 2 is 1.59 bits per heavy atom. The van der Waals surface area contributed by atoms with Crippen molar-refractivity contribution in [3.05, 3.63) is 28.8 Å². The van der Waals surface area contributed by atoms with Crippen molar-refractivity contribution in [2.45, 2.75) is 44.9 Å². The Balaban J connectivity index is 0.00000256. The minimum absolute atomic E-state index is 0. The Bertz CT molecular complexity index is 513. The summed E-state index contributed by atoms with van der Waals surface area (Å²) in [7, 11) is -4.39. The van der Waals surface area contributed by atoms with Crippen LogP contribution in [0.2, 0.25) is 0 Å². The molecule has 5 heteroatoms. The molecule has 0 aliphatic carbocycles. The van der Waals surface area contributed by atoms with E-state index in [9.17, 15) is 13.0 Å². The first-order valence-corrected chi connectivity index (χ1v) is 6.52. The third-order valence-corrected chi connectivity index (χ3v) is 3.72. The Kier molecular flexibility index (Phi) is 5.45. The first-order valence-electron chi connectivity index (χ1n) is 5.11. The standard InChI is InChI=1S/C12H18O3S.Na/c1-8-6-10(12(3,4)5)7-11(9(8)2)16(13,14)15;/h6-7H,1-5H3,(H,13,14,15);/q;+1/p-1. The maximum atomic E-state index is 11.1. The van der Waals surface area contributed by atoms with Gasteiger partial charge in [-0.1, -0.05) is 26.8 Å². The molecule has 0 saturated carbocycles. The van der Waals surface area contributed by atoms with Gasteiger partial charge < -0.3 is 4.55 Å². The number of benzene rings is 1. The topological polar surface area (TPSA) is 57.2 Å². The van der Waals surface area contributed by atoms with Crippen LogP contribution >= 0.6 is 0 Å². The average molecular weight is 264 g/mol. The second-order valence-corrected chi connectivity index (χ2v) is 6.47. The summed E-state index contributed by atoms with van der Waals surface area (Å²) < 4.78 is 33.4. The second kappa shape index (κ2) is 5.41. The number of hydrogen-bond donors (Lipinski definition) is 0. The van der Waals surface area contributed by atoms with Crippen LogP contribution in [0.15, 0.2) is 17.0 Å². The van der Waals surface area contributed by atoms with Crippen LogP contribution in [0, 0.1) is 13.8 Å². The summed E-state index contributed by atoms with van der Waals surface area (Å²) in [4.78, 5) is -0.0996. The van der Waals surface area contributed by atoms with Crippen LogP contribution in [-0.4, -0.2) is 13.0 Å². The molecule has 17 heavy (non-hydrogen) atoms. The smallest absolute Gasteiger partial charge is 0.744 e. The van der Waals surface area contributed by atoms with Gasteiger partial charge in [0, 0.05) is 0 Å². The van der Waals surface area contributed by atoms with Gasteiger partial charge in [-0.3, -0.25) is 0 Å². The zero-order chi connectivity index (χ0) is 12.7. The number of rotatable bonds is 1. The van der Waals surface area contributed by atoms with Crippen molar-refractivity contribution >= 4 is 10.1 Å². The first-order chi connectivity index (χ1) is 7.03. The van der Waals surface area contributed by atoms with Gasteiger partial charge in [0.1, 0.15) is 10.1 Å². The zero-order valence-electron chi connectivity index (χ0n) is 11.3. The summed E-state index contributed by atoms with van der Waals surface area (Å²) in [5.74, 6) is 0. The van der Waals surface area contributed by atoms with E-state index in [2.05, 4.69) is 0 Å². The van der Waals surface area contributed by atoms with Crippen LogP contribution in [0.3, 0.4) is 0 Å². The molecule has 0 spiro atoms. The van der Waals surface area contributed by atoms with Crippen LogP contribution in [-0.2, 0) is 15.5 Å². The fourth-order valence-corrected chi connectivity index (χ4v) is 2.33. The molecule has 1 rings (SSSR count). The van der Waals surface area contributed by atoms with Gasteiger partial charge in [0.25, 0.3) is 0 Å². The van der Waals surface area contributed by atoms with E-state index >= 15 is 0 Å². The first kappa shape index (κ1) is 17.1.